The van der Waals surface area contributed by atoms with Crippen molar-refractivity contribution in [2.45, 2.75) is 115 Å². The molecule has 0 aliphatic carbocycles. The number of aliphatic carboxylic acids is 1. The molecule has 2 fully saturated rings. The minimum Gasteiger partial charge on any atom is -0.480 e. The molecule has 2 aromatic rings. The van der Waals surface area contributed by atoms with E-state index in [4.69, 9.17) is 17.2 Å². The van der Waals surface area contributed by atoms with E-state index in [-0.39, 0.29) is 48.2 Å². The maximum atomic E-state index is 14.2. The summed E-state index contributed by atoms with van der Waals surface area (Å²) in [6.45, 7) is 6.08. The molecule has 2 aliphatic rings. The molecule has 2 heterocycles. The van der Waals surface area contributed by atoms with Crippen LogP contribution in [0.4, 0.5) is 0 Å². The van der Waals surface area contributed by atoms with E-state index in [1.54, 1.807) is 0 Å². The quantitative estimate of drug-likeness (QED) is 0.0668. The molecular formula is C43H63N7O6. The van der Waals surface area contributed by atoms with Crippen molar-refractivity contribution >= 4 is 35.3 Å². The number of Topliss-reactive ketones (excluding diaryl/α,β-unsaturated/α-hetero) is 2. The summed E-state index contributed by atoms with van der Waals surface area (Å²) in [7, 11) is 0. The number of hydrogen-bond donors (Lipinski definition) is 5. The lowest BCUT2D eigenvalue weighted by Gasteiger charge is -2.39. The van der Waals surface area contributed by atoms with Gasteiger partial charge in [0.1, 0.15) is 6.04 Å². The largest absolute Gasteiger partial charge is 0.480 e. The number of carbonyl (C=O) groups excluding carboxylic acids is 4. The molecule has 56 heavy (non-hydrogen) atoms. The molecule has 0 saturated carbocycles. The Labute approximate surface area is 331 Å². The molecule has 5 atom stereocenters. The van der Waals surface area contributed by atoms with Crippen LogP contribution in [0.25, 0.3) is 0 Å². The monoisotopic (exact) mass is 773 g/mol. The number of carbonyl (C=O) groups is 5. The van der Waals surface area contributed by atoms with E-state index in [0.29, 0.717) is 77.4 Å². The van der Waals surface area contributed by atoms with Gasteiger partial charge in [0.15, 0.2) is 17.5 Å². The number of nitrogens with zero attached hydrogens (tertiary/aromatic N) is 3. The van der Waals surface area contributed by atoms with Crippen molar-refractivity contribution in [1.82, 2.24) is 15.1 Å². The van der Waals surface area contributed by atoms with Crippen LogP contribution in [0.1, 0.15) is 89.2 Å². The van der Waals surface area contributed by atoms with Crippen molar-refractivity contribution in [3.63, 3.8) is 0 Å². The first-order valence-electron chi connectivity index (χ1n) is 20.3. The first-order valence-corrected chi connectivity index (χ1v) is 20.3. The molecule has 2 aliphatic heterocycles. The highest BCUT2D eigenvalue weighted by atomic mass is 16.4. The predicted molar refractivity (Wildman–Crippen MR) is 217 cm³/mol. The lowest BCUT2D eigenvalue weighted by atomic mass is 9.87. The number of carboxylic acids is 1. The Morgan fingerprint density at radius 2 is 1.43 bits per heavy atom. The third-order valence-electron chi connectivity index (χ3n) is 11.1. The van der Waals surface area contributed by atoms with Crippen LogP contribution in [0.2, 0.25) is 0 Å². The van der Waals surface area contributed by atoms with Gasteiger partial charge in [-0.05, 0) is 81.4 Å². The van der Waals surface area contributed by atoms with Gasteiger partial charge in [0.2, 0.25) is 11.8 Å². The number of hydrogen-bond acceptors (Lipinski definition) is 8. The fourth-order valence-electron chi connectivity index (χ4n) is 8.14. The number of rotatable bonds is 22. The van der Waals surface area contributed by atoms with E-state index in [1.807, 2.05) is 79.4 Å². The molecule has 0 radical (unpaired) electrons. The number of nitrogens with two attached hydrogens (primary N) is 3. The summed E-state index contributed by atoms with van der Waals surface area (Å²) in [6.07, 6.45) is 5.44. The van der Waals surface area contributed by atoms with Gasteiger partial charge in [0.05, 0.1) is 12.1 Å². The van der Waals surface area contributed by atoms with Crippen molar-refractivity contribution in [1.29, 1.82) is 0 Å². The van der Waals surface area contributed by atoms with Crippen molar-refractivity contribution in [3.8, 4) is 0 Å². The second-order valence-corrected chi connectivity index (χ2v) is 16.0. The van der Waals surface area contributed by atoms with Gasteiger partial charge >= 0.3 is 5.97 Å². The van der Waals surface area contributed by atoms with Crippen LogP contribution in [0, 0.1) is 17.8 Å². The van der Waals surface area contributed by atoms with Gasteiger partial charge in [-0.2, -0.15) is 0 Å². The lowest BCUT2D eigenvalue weighted by molar-refractivity contribution is -0.145. The van der Waals surface area contributed by atoms with E-state index in [1.165, 1.54) is 0 Å². The van der Waals surface area contributed by atoms with Crippen LogP contribution in [-0.2, 0) is 36.8 Å². The molecule has 2 saturated heterocycles. The number of benzene rings is 2. The first kappa shape index (κ1) is 44.1. The molecule has 4 rings (SSSR count). The van der Waals surface area contributed by atoms with E-state index < -0.39 is 41.8 Å². The predicted octanol–water partition coefficient (Wildman–Crippen LogP) is 3.46. The first-order chi connectivity index (χ1) is 26.8. The zero-order chi connectivity index (χ0) is 40.6. The van der Waals surface area contributed by atoms with E-state index in [9.17, 15) is 29.1 Å². The van der Waals surface area contributed by atoms with Crippen molar-refractivity contribution < 1.29 is 29.1 Å². The zero-order valence-corrected chi connectivity index (χ0v) is 33.2. The van der Waals surface area contributed by atoms with Gasteiger partial charge < -0.3 is 32.5 Å². The summed E-state index contributed by atoms with van der Waals surface area (Å²) < 4.78 is 0. The second-order valence-electron chi connectivity index (χ2n) is 16.0. The molecule has 0 bridgehead atoms. The fourth-order valence-corrected chi connectivity index (χ4v) is 8.14. The normalized spacial score (nSPS) is 18.5. The maximum Gasteiger partial charge on any atom is 0.320 e. The van der Waals surface area contributed by atoms with Crippen LogP contribution in [-0.4, -0.2) is 101 Å². The minimum absolute atomic E-state index is 0.00321. The van der Waals surface area contributed by atoms with E-state index in [2.05, 4.69) is 15.2 Å². The SMILES string of the molecule is CC(C)C[C@@H](NC(=O)[C@H](CC(=O)[C@H](N)Cc1ccccc1)Cc1ccccc1)C(=O)C[C@H](CCCCN=C(N)N)C(=O)N1CCC(N2CCC[C@H]2C(=O)O)CC1. The molecule has 2 aromatic carbocycles. The summed E-state index contributed by atoms with van der Waals surface area (Å²) in [5.74, 6) is -3.05. The summed E-state index contributed by atoms with van der Waals surface area (Å²) in [5, 5.41) is 12.7. The average molecular weight is 774 g/mol. The number of piperidine rings is 1. The molecule has 0 aromatic heterocycles. The Hall–Kier alpha value is -4.62. The number of nitrogens with one attached hydrogen (secondary N) is 1. The Bertz CT molecular complexity index is 1610. The Morgan fingerprint density at radius 1 is 0.821 bits per heavy atom. The lowest BCUT2D eigenvalue weighted by Crippen LogP contribution is -2.51. The van der Waals surface area contributed by atoms with Crippen LogP contribution in [0.5, 0.6) is 0 Å². The Morgan fingerprint density at radius 3 is 2.02 bits per heavy atom. The maximum absolute atomic E-state index is 14.2. The van der Waals surface area contributed by atoms with Crippen molar-refractivity contribution in [3.05, 3.63) is 71.8 Å². The fraction of sp³-hybridized carbons (Fsp3) is 0.581. The third kappa shape index (κ3) is 13.8. The molecule has 0 unspecified atom stereocenters. The standard InChI is InChI=1S/C43H63N7O6/c1-29(2)24-36(48-40(53)33(25-30-12-5-3-6-13-30)28-38(51)35(44)26-31-14-7-4-8-15-31)39(52)27-32(16-9-10-20-47-43(45)46)41(54)49-22-18-34(19-23-49)50-21-11-17-37(50)42(55)56/h3-8,12-15,29,32-37H,9-11,16-28,44H2,1-2H3,(H,48,53)(H,55,56)(H4,45,46,47)/t32-,33-,35+,36+,37-/m0/s1. The summed E-state index contributed by atoms with van der Waals surface area (Å²) >= 11 is 0. The zero-order valence-electron chi connectivity index (χ0n) is 33.2. The average Bonchev–Trinajstić information content (AvgIpc) is 3.68. The topological polar surface area (TPSA) is 215 Å². The smallest absolute Gasteiger partial charge is 0.320 e. The van der Waals surface area contributed by atoms with Gasteiger partial charge in [-0.25, -0.2) is 0 Å². The summed E-state index contributed by atoms with van der Waals surface area (Å²) in [6, 6.07) is 17.0. The van der Waals surface area contributed by atoms with Crippen molar-refractivity contribution in [2.75, 3.05) is 26.2 Å². The number of ketones is 2. The van der Waals surface area contributed by atoms with E-state index in [0.717, 1.165) is 24.1 Å². The molecule has 13 heteroatoms. The van der Waals surface area contributed by atoms with E-state index >= 15 is 0 Å². The Balaban J connectivity index is 1.47. The van der Waals surface area contributed by atoms with Crippen LogP contribution in [0.3, 0.4) is 0 Å². The van der Waals surface area contributed by atoms with Gasteiger partial charge in [0, 0.05) is 50.4 Å². The molecule has 13 nitrogen and oxygen atoms in total. The van der Waals surface area contributed by atoms with Crippen LogP contribution < -0.4 is 22.5 Å². The Kier molecular flexibility index (Phi) is 17.5. The number of carboxylic acid groups (broad SMARTS) is 1. The third-order valence-corrected chi connectivity index (χ3v) is 11.1. The summed E-state index contributed by atoms with van der Waals surface area (Å²) in [4.78, 5) is 75.8. The highest BCUT2D eigenvalue weighted by molar-refractivity contribution is 5.95. The van der Waals surface area contributed by atoms with Gasteiger partial charge in [-0.3, -0.25) is 33.9 Å². The number of likely N-dealkylation sites (tertiary alicyclic amines) is 2. The van der Waals surface area contributed by atoms with Gasteiger partial charge in [0.25, 0.3) is 0 Å². The molecule has 8 N–H and O–H groups in total. The molecule has 0 spiro atoms. The highest BCUT2D eigenvalue weighted by Crippen LogP contribution is 2.28. The minimum atomic E-state index is -0.848. The number of unbranched alkanes of at least 4 members (excludes halogenated alkanes) is 1. The number of aliphatic imine (C=N–C) groups is 1. The number of amides is 2. The second kappa shape index (κ2) is 22.2. The highest BCUT2D eigenvalue weighted by Gasteiger charge is 2.39. The molecule has 2 amide bonds. The van der Waals surface area contributed by atoms with Gasteiger partial charge in [-0.15, -0.1) is 0 Å². The van der Waals surface area contributed by atoms with Crippen LogP contribution in [0.15, 0.2) is 65.7 Å². The van der Waals surface area contributed by atoms with Crippen molar-refractivity contribution in [2.24, 2.45) is 39.9 Å². The molecule has 306 valence electrons. The molecular weight excluding hydrogens is 711 g/mol. The number of guanidine groups is 1. The summed E-state index contributed by atoms with van der Waals surface area (Å²) in [5.41, 5.74) is 19.2. The van der Waals surface area contributed by atoms with Gasteiger partial charge in [-0.1, -0.05) is 80.9 Å². The van der Waals surface area contributed by atoms with Crippen LogP contribution >= 0.6 is 0 Å².